The molecule has 1 aromatic rings. The number of nitrogens with zero attached hydrogens (tertiary/aromatic N) is 4. The molecule has 0 N–H and O–H groups in total. The highest BCUT2D eigenvalue weighted by atomic mass is 32.2. The first kappa shape index (κ1) is 17.2. The second-order valence-corrected chi connectivity index (χ2v) is 7.18. The Morgan fingerprint density at radius 3 is 2.88 bits per heavy atom. The second kappa shape index (κ2) is 7.10. The number of amides is 2. The highest BCUT2D eigenvalue weighted by molar-refractivity contribution is 7.99. The first-order valence-electron chi connectivity index (χ1n) is 8.03. The summed E-state index contributed by atoms with van der Waals surface area (Å²) in [5, 5.41) is 8.01. The second-order valence-electron chi connectivity index (χ2n) is 6.26. The molecule has 2 aliphatic heterocycles. The molecule has 1 unspecified atom stereocenters. The van der Waals surface area contributed by atoms with E-state index in [0.717, 1.165) is 19.4 Å². The van der Waals surface area contributed by atoms with Gasteiger partial charge in [-0.05, 0) is 12.8 Å². The van der Waals surface area contributed by atoms with Gasteiger partial charge in [0.25, 0.3) is 5.22 Å². The van der Waals surface area contributed by atoms with Crippen molar-refractivity contribution in [1.82, 2.24) is 20.0 Å². The van der Waals surface area contributed by atoms with E-state index in [0.29, 0.717) is 37.4 Å². The zero-order valence-corrected chi connectivity index (χ0v) is 14.8. The van der Waals surface area contributed by atoms with Gasteiger partial charge in [0, 0.05) is 40.2 Å². The Balaban J connectivity index is 1.53. The predicted octanol–water partition coefficient (Wildman–Crippen LogP) is 0.568. The van der Waals surface area contributed by atoms with Gasteiger partial charge in [-0.2, -0.15) is 0 Å². The predicted molar refractivity (Wildman–Crippen MR) is 86.5 cm³/mol. The highest BCUT2D eigenvalue weighted by Crippen LogP contribution is 2.40. The van der Waals surface area contributed by atoms with E-state index in [-0.39, 0.29) is 17.6 Å². The lowest BCUT2D eigenvalue weighted by molar-refractivity contribution is -0.136. The molecule has 24 heavy (non-hydrogen) atoms. The van der Waals surface area contributed by atoms with Crippen LogP contribution in [0.5, 0.6) is 0 Å². The van der Waals surface area contributed by atoms with Crippen molar-refractivity contribution in [2.45, 2.75) is 25.0 Å². The van der Waals surface area contributed by atoms with Crippen LogP contribution < -0.4 is 0 Å². The van der Waals surface area contributed by atoms with E-state index in [1.807, 2.05) is 4.90 Å². The highest BCUT2D eigenvalue weighted by Gasteiger charge is 2.51. The summed E-state index contributed by atoms with van der Waals surface area (Å²) in [5.74, 6) is 0.905. The molecule has 1 aromatic heterocycles. The van der Waals surface area contributed by atoms with Crippen LogP contribution in [0, 0.1) is 12.3 Å². The number of carbonyl (C=O) groups is 2. The number of carbonyl (C=O) groups excluding carboxylic acids is 2. The number of methoxy groups -OCH3 is 1. The summed E-state index contributed by atoms with van der Waals surface area (Å²) in [6.07, 6.45) is 1.56. The third-order valence-electron chi connectivity index (χ3n) is 4.70. The minimum Gasteiger partial charge on any atom is -0.416 e. The van der Waals surface area contributed by atoms with E-state index >= 15 is 0 Å². The maximum Gasteiger partial charge on any atom is 0.277 e. The maximum atomic E-state index is 12.7. The maximum absolute atomic E-state index is 12.7. The van der Waals surface area contributed by atoms with Gasteiger partial charge in [0.1, 0.15) is 0 Å². The molecule has 0 radical (unpaired) electrons. The van der Waals surface area contributed by atoms with Crippen LogP contribution in [0.3, 0.4) is 0 Å². The Morgan fingerprint density at radius 2 is 2.17 bits per heavy atom. The number of thioether (sulfide) groups is 1. The van der Waals surface area contributed by atoms with Crippen LogP contribution in [-0.2, 0) is 14.3 Å². The van der Waals surface area contributed by atoms with Gasteiger partial charge in [0.05, 0.1) is 17.8 Å². The van der Waals surface area contributed by atoms with Gasteiger partial charge >= 0.3 is 0 Å². The fourth-order valence-corrected chi connectivity index (χ4v) is 4.03. The molecule has 0 aliphatic carbocycles. The van der Waals surface area contributed by atoms with E-state index in [1.54, 1.807) is 18.9 Å². The number of hydrogen-bond donors (Lipinski definition) is 0. The molecule has 0 bridgehead atoms. The average Bonchev–Trinajstić information content (AvgIpc) is 3.26. The van der Waals surface area contributed by atoms with Crippen LogP contribution in [0.1, 0.15) is 18.7 Å². The van der Waals surface area contributed by atoms with E-state index in [9.17, 15) is 9.59 Å². The molecule has 0 saturated carbocycles. The number of hydrogen-bond acceptors (Lipinski definition) is 7. The normalized spacial score (nSPS) is 23.7. The summed E-state index contributed by atoms with van der Waals surface area (Å²) >= 11 is 1.24. The van der Waals surface area contributed by atoms with Gasteiger partial charge in [-0.3, -0.25) is 9.59 Å². The third kappa shape index (κ3) is 3.41. The minimum atomic E-state index is -0.394. The largest absolute Gasteiger partial charge is 0.416 e. The molecule has 9 heteroatoms. The minimum absolute atomic E-state index is 0.0101. The van der Waals surface area contributed by atoms with Crippen LogP contribution in [0.2, 0.25) is 0 Å². The van der Waals surface area contributed by atoms with Gasteiger partial charge in [0.15, 0.2) is 0 Å². The van der Waals surface area contributed by atoms with E-state index < -0.39 is 5.41 Å². The van der Waals surface area contributed by atoms with Crippen molar-refractivity contribution in [2.24, 2.45) is 5.41 Å². The fraction of sp³-hybridized carbons (Fsp3) is 0.733. The van der Waals surface area contributed by atoms with E-state index in [2.05, 4.69) is 10.2 Å². The zero-order valence-electron chi connectivity index (χ0n) is 14.0. The van der Waals surface area contributed by atoms with Crippen LogP contribution in [0.4, 0.5) is 0 Å². The summed E-state index contributed by atoms with van der Waals surface area (Å²) in [7, 11) is 1.63. The first-order chi connectivity index (χ1) is 11.5. The van der Waals surface area contributed by atoms with Crippen molar-refractivity contribution < 1.29 is 18.7 Å². The Labute approximate surface area is 144 Å². The zero-order chi connectivity index (χ0) is 17.2. The van der Waals surface area contributed by atoms with Gasteiger partial charge in [0.2, 0.25) is 17.7 Å². The molecule has 2 aliphatic rings. The van der Waals surface area contributed by atoms with Gasteiger partial charge < -0.3 is 19.0 Å². The fourth-order valence-electron chi connectivity index (χ4n) is 3.32. The summed E-state index contributed by atoms with van der Waals surface area (Å²) in [6, 6.07) is 0. The van der Waals surface area contributed by atoms with E-state index in [1.165, 1.54) is 11.8 Å². The number of aryl methyl sites for hydroxylation is 1. The molecular formula is C15H22N4O4S. The Kier molecular flexibility index (Phi) is 5.09. The van der Waals surface area contributed by atoms with E-state index in [4.69, 9.17) is 9.15 Å². The molecule has 8 nitrogen and oxygen atoms in total. The summed E-state index contributed by atoms with van der Waals surface area (Å²) < 4.78 is 10.3. The molecule has 1 atom stereocenters. The van der Waals surface area contributed by atoms with Gasteiger partial charge in [-0.1, -0.05) is 11.8 Å². The smallest absolute Gasteiger partial charge is 0.277 e. The lowest BCUT2D eigenvalue weighted by Crippen LogP contribution is -2.39. The standard InChI is InChI=1S/C15H22N4O4S/c1-11-16-17-14(23-11)24-9-12(20)19-6-4-15(10-19)3-5-18(13(15)21)7-8-22-2/h3-10H2,1-2H3. The summed E-state index contributed by atoms with van der Waals surface area (Å²) in [6.45, 7) is 4.77. The molecule has 2 saturated heterocycles. The monoisotopic (exact) mass is 354 g/mol. The lowest BCUT2D eigenvalue weighted by atomic mass is 9.85. The average molecular weight is 354 g/mol. The van der Waals surface area contributed by atoms with Crippen LogP contribution in [0.15, 0.2) is 9.64 Å². The Hall–Kier alpha value is -1.61. The molecular weight excluding hydrogens is 332 g/mol. The first-order valence-corrected chi connectivity index (χ1v) is 9.02. The SMILES string of the molecule is COCCN1CCC2(CCN(C(=O)CSc3nnc(C)o3)C2)C1=O. The topological polar surface area (TPSA) is 88.8 Å². The summed E-state index contributed by atoms with van der Waals surface area (Å²) in [4.78, 5) is 28.7. The molecule has 2 fully saturated rings. The molecule has 132 valence electrons. The van der Waals surface area contributed by atoms with Crippen molar-refractivity contribution in [3.8, 4) is 0 Å². The summed E-state index contributed by atoms with van der Waals surface area (Å²) in [5.41, 5.74) is -0.394. The van der Waals surface area contributed by atoms with Crippen LogP contribution in [-0.4, -0.2) is 77.5 Å². The van der Waals surface area contributed by atoms with Crippen molar-refractivity contribution in [3.05, 3.63) is 5.89 Å². The number of likely N-dealkylation sites (tertiary alicyclic amines) is 2. The van der Waals surface area contributed by atoms with Crippen molar-refractivity contribution in [1.29, 1.82) is 0 Å². The van der Waals surface area contributed by atoms with Gasteiger partial charge in [-0.25, -0.2) is 0 Å². The lowest BCUT2D eigenvalue weighted by Gasteiger charge is -2.23. The molecule has 2 amide bonds. The van der Waals surface area contributed by atoms with Crippen molar-refractivity contribution in [3.63, 3.8) is 0 Å². The third-order valence-corrected chi connectivity index (χ3v) is 5.50. The molecule has 0 aromatic carbocycles. The Morgan fingerprint density at radius 1 is 1.38 bits per heavy atom. The number of ether oxygens (including phenoxy) is 1. The molecule has 3 rings (SSSR count). The van der Waals surface area contributed by atoms with Gasteiger partial charge in [-0.15, -0.1) is 10.2 Å². The molecule has 3 heterocycles. The van der Waals surface area contributed by atoms with Crippen LogP contribution in [0.25, 0.3) is 0 Å². The van der Waals surface area contributed by atoms with Crippen molar-refractivity contribution >= 4 is 23.6 Å². The number of aromatic nitrogens is 2. The van der Waals surface area contributed by atoms with Crippen LogP contribution >= 0.6 is 11.8 Å². The number of rotatable bonds is 6. The molecule has 1 spiro atoms. The Bertz CT molecular complexity index is 622. The quantitative estimate of drug-likeness (QED) is 0.690. The van der Waals surface area contributed by atoms with Crippen molar-refractivity contribution in [2.75, 3.05) is 45.6 Å².